The SMILES string of the molecule is CN(C)Cc1cc(-c2ccc(F)c(CN)c2)nn(C/C=C/c2ccc(Cl)cc2)c1=O. The minimum atomic E-state index is -0.353. The summed E-state index contributed by atoms with van der Waals surface area (Å²) in [5.41, 5.74) is 8.79. The third kappa shape index (κ3) is 5.42. The van der Waals surface area contributed by atoms with Crippen LogP contribution in [0.2, 0.25) is 5.02 Å². The third-order valence-electron chi connectivity index (χ3n) is 4.56. The van der Waals surface area contributed by atoms with Gasteiger partial charge in [0.2, 0.25) is 0 Å². The van der Waals surface area contributed by atoms with E-state index in [-0.39, 0.29) is 17.9 Å². The summed E-state index contributed by atoms with van der Waals surface area (Å²) in [5.74, 6) is -0.353. The molecule has 0 fully saturated rings. The van der Waals surface area contributed by atoms with Gasteiger partial charge in [-0.25, -0.2) is 9.07 Å². The third-order valence-corrected chi connectivity index (χ3v) is 4.81. The lowest BCUT2D eigenvalue weighted by molar-refractivity contribution is 0.397. The molecule has 0 aliphatic carbocycles. The van der Waals surface area contributed by atoms with Gasteiger partial charge in [0.15, 0.2) is 0 Å². The molecule has 0 amide bonds. The Balaban J connectivity index is 1.98. The van der Waals surface area contributed by atoms with Crippen LogP contribution in [0.3, 0.4) is 0 Å². The Morgan fingerprint density at radius 3 is 2.53 bits per heavy atom. The van der Waals surface area contributed by atoms with Crippen molar-refractivity contribution >= 4 is 17.7 Å². The first-order valence-electron chi connectivity index (χ1n) is 9.54. The molecule has 156 valence electrons. The second-order valence-electron chi connectivity index (χ2n) is 7.24. The molecule has 0 unspecified atom stereocenters. The fraction of sp³-hybridized carbons (Fsp3) is 0.217. The Labute approximate surface area is 180 Å². The van der Waals surface area contributed by atoms with Crippen molar-refractivity contribution in [3.63, 3.8) is 0 Å². The van der Waals surface area contributed by atoms with Crippen LogP contribution in [0.1, 0.15) is 16.7 Å². The molecule has 0 bridgehead atoms. The predicted molar refractivity (Wildman–Crippen MR) is 120 cm³/mol. The molecule has 2 aromatic carbocycles. The number of aromatic nitrogens is 2. The molecule has 0 aliphatic rings. The van der Waals surface area contributed by atoms with Crippen molar-refractivity contribution in [2.45, 2.75) is 19.6 Å². The summed E-state index contributed by atoms with van der Waals surface area (Å²) in [5, 5.41) is 5.18. The van der Waals surface area contributed by atoms with Gasteiger partial charge >= 0.3 is 0 Å². The standard InChI is InChI=1S/C23H24ClFN4O/c1-28(2)15-19-13-22(17-7-10-21(25)18(12-17)14-26)27-29(23(19)30)11-3-4-16-5-8-20(24)9-6-16/h3-10,12-13H,11,14-15,26H2,1-2H3/b4-3+. The summed E-state index contributed by atoms with van der Waals surface area (Å²) in [6.07, 6.45) is 3.78. The minimum Gasteiger partial charge on any atom is -0.326 e. The lowest BCUT2D eigenvalue weighted by Gasteiger charge is -2.13. The molecule has 0 saturated heterocycles. The highest BCUT2D eigenvalue weighted by molar-refractivity contribution is 6.30. The van der Waals surface area contributed by atoms with Crippen LogP contribution in [0, 0.1) is 5.82 Å². The number of nitrogens with zero attached hydrogens (tertiary/aromatic N) is 3. The fourth-order valence-corrected chi connectivity index (χ4v) is 3.19. The van der Waals surface area contributed by atoms with E-state index in [1.165, 1.54) is 10.7 Å². The summed E-state index contributed by atoms with van der Waals surface area (Å²) >= 11 is 5.91. The Hall–Kier alpha value is -2.80. The first kappa shape index (κ1) is 21.9. The number of benzene rings is 2. The average molecular weight is 427 g/mol. The van der Waals surface area contributed by atoms with E-state index in [1.54, 1.807) is 18.2 Å². The van der Waals surface area contributed by atoms with Gasteiger partial charge in [-0.05, 0) is 56.1 Å². The average Bonchev–Trinajstić information content (AvgIpc) is 2.72. The van der Waals surface area contributed by atoms with Crippen molar-refractivity contribution in [1.29, 1.82) is 0 Å². The largest absolute Gasteiger partial charge is 0.326 e. The number of allylic oxidation sites excluding steroid dienone is 1. The van der Waals surface area contributed by atoms with Gasteiger partial charge in [0.25, 0.3) is 5.56 Å². The molecule has 1 heterocycles. The Morgan fingerprint density at radius 1 is 1.13 bits per heavy atom. The lowest BCUT2D eigenvalue weighted by atomic mass is 10.1. The molecule has 0 atom stereocenters. The maximum absolute atomic E-state index is 13.9. The van der Waals surface area contributed by atoms with Gasteiger partial charge in [0.1, 0.15) is 5.82 Å². The summed E-state index contributed by atoms with van der Waals surface area (Å²) in [4.78, 5) is 14.8. The molecule has 0 aliphatic heterocycles. The summed E-state index contributed by atoms with van der Waals surface area (Å²) < 4.78 is 15.3. The van der Waals surface area contributed by atoms with Crippen LogP contribution in [0.5, 0.6) is 0 Å². The van der Waals surface area contributed by atoms with E-state index >= 15 is 0 Å². The van der Waals surface area contributed by atoms with Crippen molar-refractivity contribution in [3.05, 3.63) is 92.5 Å². The van der Waals surface area contributed by atoms with Crippen molar-refractivity contribution in [3.8, 4) is 11.3 Å². The van der Waals surface area contributed by atoms with E-state index in [0.29, 0.717) is 40.5 Å². The van der Waals surface area contributed by atoms with Crippen LogP contribution in [0.15, 0.2) is 59.4 Å². The topological polar surface area (TPSA) is 64.2 Å². The van der Waals surface area contributed by atoms with Crippen molar-refractivity contribution in [2.24, 2.45) is 5.73 Å². The van der Waals surface area contributed by atoms with E-state index in [1.807, 2.05) is 55.4 Å². The Kier molecular flexibility index (Phi) is 7.15. The van der Waals surface area contributed by atoms with Crippen LogP contribution >= 0.6 is 11.6 Å². The van der Waals surface area contributed by atoms with E-state index in [9.17, 15) is 9.18 Å². The zero-order valence-electron chi connectivity index (χ0n) is 17.0. The summed E-state index contributed by atoms with van der Waals surface area (Å²) in [7, 11) is 3.80. The maximum Gasteiger partial charge on any atom is 0.271 e. The maximum atomic E-state index is 13.9. The molecule has 1 aromatic heterocycles. The second kappa shape index (κ2) is 9.80. The van der Waals surface area contributed by atoms with Crippen molar-refractivity contribution in [1.82, 2.24) is 14.7 Å². The number of hydrogen-bond donors (Lipinski definition) is 1. The molecule has 2 N–H and O–H groups in total. The predicted octanol–water partition coefficient (Wildman–Crippen LogP) is 3.94. The second-order valence-corrected chi connectivity index (χ2v) is 7.68. The van der Waals surface area contributed by atoms with Gasteiger partial charge in [0, 0.05) is 34.8 Å². The highest BCUT2D eigenvalue weighted by atomic mass is 35.5. The van der Waals surface area contributed by atoms with E-state index in [2.05, 4.69) is 5.10 Å². The zero-order valence-corrected chi connectivity index (χ0v) is 17.7. The van der Waals surface area contributed by atoms with Crippen LogP contribution < -0.4 is 11.3 Å². The van der Waals surface area contributed by atoms with Crippen molar-refractivity contribution < 1.29 is 4.39 Å². The van der Waals surface area contributed by atoms with Gasteiger partial charge in [-0.3, -0.25) is 4.79 Å². The number of halogens is 2. The quantitative estimate of drug-likeness (QED) is 0.621. The van der Waals surface area contributed by atoms with Gasteiger partial charge < -0.3 is 10.6 Å². The first-order chi connectivity index (χ1) is 14.4. The molecule has 3 aromatic rings. The molecule has 7 heteroatoms. The molecular weight excluding hydrogens is 403 g/mol. The van der Waals surface area contributed by atoms with Crippen LogP contribution in [0.4, 0.5) is 4.39 Å². The highest BCUT2D eigenvalue weighted by Crippen LogP contribution is 2.20. The monoisotopic (exact) mass is 426 g/mol. The summed E-state index contributed by atoms with van der Waals surface area (Å²) in [6.45, 7) is 0.870. The Bertz CT molecular complexity index is 1110. The number of hydrogen-bond acceptors (Lipinski definition) is 4. The zero-order chi connectivity index (χ0) is 21.7. The van der Waals surface area contributed by atoms with Gasteiger partial charge in [-0.2, -0.15) is 5.10 Å². The van der Waals surface area contributed by atoms with Crippen LogP contribution in [0.25, 0.3) is 17.3 Å². The number of nitrogens with two attached hydrogens (primary N) is 1. The van der Waals surface area contributed by atoms with E-state index in [4.69, 9.17) is 17.3 Å². The molecule has 0 saturated carbocycles. The summed E-state index contributed by atoms with van der Waals surface area (Å²) in [6, 6.07) is 13.9. The normalized spacial score (nSPS) is 11.5. The Morgan fingerprint density at radius 2 is 1.87 bits per heavy atom. The molecule has 3 rings (SSSR count). The van der Waals surface area contributed by atoms with Crippen molar-refractivity contribution in [2.75, 3.05) is 14.1 Å². The van der Waals surface area contributed by atoms with Gasteiger partial charge in [-0.1, -0.05) is 35.9 Å². The molecule has 0 radical (unpaired) electrons. The smallest absolute Gasteiger partial charge is 0.271 e. The molecule has 30 heavy (non-hydrogen) atoms. The van der Waals surface area contributed by atoms with E-state index in [0.717, 1.165) is 5.56 Å². The van der Waals surface area contributed by atoms with Crippen LogP contribution in [-0.4, -0.2) is 28.8 Å². The molecule has 0 spiro atoms. The molecular formula is C23H24ClFN4O. The first-order valence-corrected chi connectivity index (χ1v) is 9.92. The van der Waals surface area contributed by atoms with Gasteiger partial charge in [0.05, 0.1) is 12.2 Å². The lowest BCUT2D eigenvalue weighted by Crippen LogP contribution is -2.29. The van der Waals surface area contributed by atoms with Gasteiger partial charge in [-0.15, -0.1) is 0 Å². The van der Waals surface area contributed by atoms with E-state index < -0.39 is 0 Å². The van der Waals surface area contributed by atoms with Crippen LogP contribution in [-0.2, 0) is 19.6 Å². The fourth-order valence-electron chi connectivity index (χ4n) is 3.07. The highest BCUT2D eigenvalue weighted by Gasteiger charge is 2.12. The number of rotatable bonds is 7. The molecule has 5 nitrogen and oxygen atoms in total. The minimum absolute atomic E-state index is 0.0910.